The molecule has 2 amide bonds. The Morgan fingerprint density at radius 3 is 2.30 bits per heavy atom. The summed E-state index contributed by atoms with van der Waals surface area (Å²) in [6.45, 7) is -3.05. The van der Waals surface area contributed by atoms with Crippen LogP contribution >= 0.6 is 0 Å². The van der Waals surface area contributed by atoms with Crippen LogP contribution in [0, 0.1) is 5.41 Å². The number of amides is 2. The third-order valence-corrected chi connectivity index (χ3v) is 4.91. The number of hydrogen-bond acceptors (Lipinski definition) is 4. The molecule has 1 fully saturated rings. The van der Waals surface area contributed by atoms with Crippen LogP contribution in [0.15, 0.2) is 40.9 Å². The van der Waals surface area contributed by atoms with Gasteiger partial charge in [-0.3, -0.25) is 9.59 Å². The van der Waals surface area contributed by atoms with Crippen molar-refractivity contribution in [3.05, 3.63) is 42.1 Å². The maximum Gasteiger partial charge on any atom is 0.404 e. The number of halogens is 6. The maximum atomic E-state index is 13.1. The molecule has 2 aromatic rings. The topological polar surface area (TPSA) is 75.4 Å². The van der Waals surface area contributed by atoms with Crippen LogP contribution in [0.3, 0.4) is 0 Å². The van der Waals surface area contributed by atoms with Gasteiger partial charge in [-0.1, -0.05) is 35.5 Å². The minimum absolute atomic E-state index is 0.192. The van der Waals surface area contributed by atoms with Gasteiger partial charge in [-0.25, -0.2) is 0 Å². The normalized spacial score (nSPS) is 16.5. The molecule has 12 heteroatoms. The van der Waals surface area contributed by atoms with Gasteiger partial charge in [0, 0.05) is 24.7 Å². The second-order valence-corrected chi connectivity index (χ2v) is 6.77. The number of alkyl halides is 6. The summed E-state index contributed by atoms with van der Waals surface area (Å²) in [6, 6.07) is 9.93. The summed E-state index contributed by atoms with van der Waals surface area (Å²) in [5.74, 6) is -1.65. The van der Waals surface area contributed by atoms with E-state index < -0.39 is 55.6 Å². The van der Waals surface area contributed by atoms with Crippen LogP contribution in [0.1, 0.15) is 16.9 Å². The van der Waals surface area contributed by atoms with Crippen LogP contribution in [0.5, 0.6) is 0 Å². The van der Waals surface area contributed by atoms with Gasteiger partial charge in [0.2, 0.25) is 5.91 Å². The molecule has 0 unspecified atom stereocenters. The maximum absolute atomic E-state index is 13.1. The second-order valence-electron chi connectivity index (χ2n) is 6.77. The molecule has 1 aromatic heterocycles. The molecule has 3 rings (SSSR count). The van der Waals surface area contributed by atoms with Gasteiger partial charge in [0.05, 0.1) is 6.54 Å². The highest BCUT2D eigenvalue weighted by Gasteiger charge is 2.72. The zero-order valence-electron chi connectivity index (χ0n) is 15.2. The lowest BCUT2D eigenvalue weighted by Crippen LogP contribution is -2.52. The minimum atomic E-state index is -5.56. The van der Waals surface area contributed by atoms with E-state index in [4.69, 9.17) is 4.52 Å². The van der Waals surface area contributed by atoms with Gasteiger partial charge in [0.1, 0.15) is 0 Å². The number of likely N-dealkylation sites (tertiary alicyclic amines) is 1. The van der Waals surface area contributed by atoms with E-state index in [9.17, 15) is 35.9 Å². The van der Waals surface area contributed by atoms with Crippen LogP contribution in [0.2, 0.25) is 0 Å². The molecule has 1 aliphatic rings. The number of nitrogens with zero attached hydrogens (tertiary/aromatic N) is 2. The molecule has 0 aliphatic carbocycles. The largest absolute Gasteiger partial charge is 0.404 e. The lowest BCUT2D eigenvalue weighted by atomic mass is 9.85. The van der Waals surface area contributed by atoms with Crippen LogP contribution in [-0.2, 0) is 4.79 Å². The zero-order valence-corrected chi connectivity index (χ0v) is 15.2. The fraction of sp³-hybridized carbons (Fsp3) is 0.389. The first-order valence-electron chi connectivity index (χ1n) is 8.66. The number of rotatable bonds is 4. The standard InChI is InChI=1S/C18H15F6N3O3/c19-17(20,21)16(18(22,23)24)6-7-27(10-16)14(28)9-25-15(29)12-8-13(30-26-12)11-4-2-1-3-5-11/h1-5,8H,6-7,9-10H2,(H,25,29). The Morgan fingerprint density at radius 2 is 1.73 bits per heavy atom. The van der Waals surface area contributed by atoms with Crippen molar-refractivity contribution in [3.8, 4) is 11.3 Å². The Labute approximate surface area is 165 Å². The smallest absolute Gasteiger partial charge is 0.355 e. The molecule has 2 heterocycles. The van der Waals surface area contributed by atoms with Gasteiger partial charge in [-0.05, 0) is 6.42 Å². The third-order valence-electron chi connectivity index (χ3n) is 4.91. The van der Waals surface area contributed by atoms with Crippen LogP contribution in [0.25, 0.3) is 11.3 Å². The summed E-state index contributed by atoms with van der Waals surface area (Å²) < 4.78 is 83.5. The highest BCUT2D eigenvalue weighted by molar-refractivity contribution is 5.95. The molecule has 6 nitrogen and oxygen atoms in total. The predicted octanol–water partition coefficient (Wildman–Crippen LogP) is 3.41. The Bertz CT molecular complexity index is 909. The van der Waals surface area contributed by atoms with E-state index in [1.54, 1.807) is 30.3 Å². The molecule has 0 radical (unpaired) electrons. The van der Waals surface area contributed by atoms with Crippen molar-refractivity contribution in [3.63, 3.8) is 0 Å². The van der Waals surface area contributed by atoms with E-state index in [1.807, 2.05) is 0 Å². The molecular formula is C18H15F6N3O3. The van der Waals surface area contributed by atoms with Crippen molar-refractivity contribution in [2.45, 2.75) is 18.8 Å². The van der Waals surface area contributed by atoms with E-state index in [0.29, 0.717) is 10.5 Å². The molecule has 1 saturated heterocycles. The Hall–Kier alpha value is -3.05. The van der Waals surface area contributed by atoms with Gasteiger partial charge in [-0.2, -0.15) is 26.3 Å². The van der Waals surface area contributed by atoms with E-state index in [2.05, 4.69) is 10.5 Å². The van der Waals surface area contributed by atoms with Crippen molar-refractivity contribution in [1.82, 2.24) is 15.4 Å². The summed E-state index contributed by atoms with van der Waals surface area (Å²) in [4.78, 5) is 24.6. The van der Waals surface area contributed by atoms with Crippen molar-refractivity contribution in [2.24, 2.45) is 5.41 Å². The fourth-order valence-corrected chi connectivity index (χ4v) is 3.13. The quantitative estimate of drug-likeness (QED) is 0.747. The number of benzene rings is 1. The predicted molar refractivity (Wildman–Crippen MR) is 90.0 cm³/mol. The van der Waals surface area contributed by atoms with E-state index in [0.717, 1.165) is 0 Å². The van der Waals surface area contributed by atoms with Crippen molar-refractivity contribution >= 4 is 11.8 Å². The number of aromatic nitrogens is 1. The Balaban J connectivity index is 1.61. The van der Waals surface area contributed by atoms with Crippen LogP contribution in [-0.4, -0.2) is 53.9 Å². The lowest BCUT2D eigenvalue weighted by molar-refractivity contribution is -0.334. The van der Waals surface area contributed by atoms with E-state index >= 15 is 0 Å². The highest BCUT2D eigenvalue weighted by Crippen LogP contribution is 2.55. The zero-order chi connectivity index (χ0) is 22.2. The van der Waals surface area contributed by atoms with Gasteiger partial charge in [-0.15, -0.1) is 0 Å². The van der Waals surface area contributed by atoms with E-state index in [1.165, 1.54) is 6.07 Å². The molecule has 1 aliphatic heterocycles. The lowest BCUT2D eigenvalue weighted by Gasteiger charge is -2.33. The number of carbonyl (C=O) groups excluding carboxylic acids is 2. The van der Waals surface area contributed by atoms with E-state index in [-0.39, 0.29) is 11.5 Å². The van der Waals surface area contributed by atoms with Gasteiger partial charge >= 0.3 is 12.4 Å². The molecule has 0 saturated carbocycles. The molecule has 1 N–H and O–H groups in total. The van der Waals surface area contributed by atoms with Crippen molar-refractivity contribution < 1.29 is 40.5 Å². The molecule has 0 spiro atoms. The first-order valence-corrected chi connectivity index (χ1v) is 8.66. The minimum Gasteiger partial charge on any atom is -0.355 e. The molecule has 30 heavy (non-hydrogen) atoms. The van der Waals surface area contributed by atoms with Crippen molar-refractivity contribution in [1.29, 1.82) is 0 Å². The van der Waals surface area contributed by atoms with Crippen LogP contribution < -0.4 is 5.32 Å². The van der Waals surface area contributed by atoms with Gasteiger partial charge in [0.15, 0.2) is 16.9 Å². The molecule has 0 bridgehead atoms. The SMILES string of the molecule is O=C(NCC(=O)N1CCC(C(F)(F)F)(C(F)(F)F)C1)c1cc(-c2ccccc2)on1. The second kappa shape index (κ2) is 7.65. The summed E-state index contributed by atoms with van der Waals surface area (Å²) >= 11 is 0. The average molecular weight is 435 g/mol. The van der Waals surface area contributed by atoms with Gasteiger partial charge < -0.3 is 14.7 Å². The van der Waals surface area contributed by atoms with Crippen LogP contribution in [0.4, 0.5) is 26.3 Å². The first kappa shape index (κ1) is 21.7. The molecule has 162 valence electrons. The summed E-state index contributed by atoms with van der Waals surface area (Å²) in [5.41, 5.74) is -3.54. The average Bonchev–Trinajstić information content (AvgIpc) is 3.34. The molecule has 1 aromatic carbocycles. The number of carbonyl (C=O) groups is 2. The third kappa shape index (κ3) is 3.98. The monoisotopic (exact) mass is 435 g/mol. The highest BCUT2D eigenvalue weighted by atomic mass is 19.4. The van der Waals surface area contributed by atoms with Gasteiger partial charge in [0.25, 0.3) is 5.91 Å². The number of hydrogen-bond donors (Lipinski definition) is 1. The summed E-state index contributed by atoms with van der Waals surface area (Å²) in [6.07, 6.45) is -12.4. The first-order chi connectivity index (χ1) is 13.9. The Morgan fingerprint density at radius 1 is 1.10 bits per heavy atom. The summed E-state index contributed by atoms with van der Waals surface area (Å²) in [5, 5.41) is 5.68. The number of nitrogens with one attached hydrogen (secondary N) is 1. The molecule has 0 atom stereocenters. The van der Waals surface area contributed by atoms with Crippen molar-refractivity contribution in [2.75, 3.05) is 19.6 Å². The molecular weight excluding hydrogens is 420 g/mol. The Kier molecular flexibility index (Phi) is 5.52. The summed E-state index contributed by atoms with van der Waals surface area (Å²) in [7, 11) is 0. The fourth-order valence-electron chi connectivity index (χ4n) is 3.13.